The third kappa shape index (κ3) is 3.36. The molecule has 1 N–H and O–H groups in total. The first-order valence-electron chi connectivity index (χ1n) is 8.82. The van der Waals surface area contributed by atoms with Gasteiger partial charge in [-0.15, -0.1) is 0 Å². The summed E-state index contributed by atoms with van der Waals surface area (Å²) in [5.74, 6) is 1.35. The number of carbonyl (C=O) groups is 1. The molecule has 1 heterocycles. The van der Waals surface area contributed by atoms with E-state index in [1.165, 1.54) is 57.8 Å². The molecular weight excluding hydrogens is 248 g/mol. The fourth-order valence-electron chi connectivity index (χ4n) is 4.14. The Balaban J connectivity index is 1.56. The van der Waals surface area contributed by atoms with Crippen LogP contribution in [0.25, 0.3) is 0 Å². The SMILES string of the molecule is CCC1CCC(N(C(=O)CC2CCCN2)C2CC2)CC1. The van der Waals surface area contributed by atoms with Crippen LogP contribution in [0.1, 0.15) is 71.1 Å². The van der Waals surface area contributed by atoms with Gasteiger partial charge in [0, 0.05) is 24.5 Å². The third-order valence-corrected chi connectivity index (χ3v) is 5.60. The number of rotatable bonds is 5. The van der Waals surface area contributed by atoms with Crippen LogP contribution in [-0.4, -0.2) is 35.5 Å². The molecule has 3 heteroatoms. The molecule has 3 nitrogen and oxygen atoms in total. The van der Waals surface area contributed by atoms with E-state index >= 15 is 0 Å². The van der Waals surface area contributed by atoms with Crippen molar-refractivity contribution in [2.24, 2.45) is 5.92 Å². The molecule has 3 fully saturated rings. The lowest BCUT2D eigenvalue weighted by Gasteiger charge is -2.37. The van der Waals surface area contributed by atoms with Gasteiger partial charge in [0.05, 0.1) is 0 Å². The van der Waals surface area contributed by atoms with Gasteiger partial charge in [-0.2, -0.15) is 0 Å². The molecular formula is C17H30N2O. The highest BCUT2D eigenvalue weighted by Gasteiger charge is 2.39. The van der Waals surface area contributed by atoms with Crippen LogP contribution in [0.4, 0.5) is 0 Å². The molecule has 2 saturated carbocycles. The molecule has 3 aliphatic rings. The van der Waals surface area contributed by atoms with Crippen LogP contribution in [-0.2, 0) is 4.79 Å². The average Bonchev–Trinajstić information content (AvgIpc) is 3.16. The van der Waals surface area contributed by atoms with Crippen LogP contribution in [0.3, 0.4) is 0 Å². The van der Waals surface area contributed by atoms with Crippen molar-refractivity contribution in [3.63, 3.8) is 0 Å². The molecule has 0 spiro atoms. The van der Waals surface area contributed by atoms with Gasteiger partial charge in [-0.1, -0.05) is 13.3 Å². The second-order valence-electron chi connectivity index (χ2n) is 7.11. The first kappa shape index (κ1) is 14.4. The molecule has 1 atom stereocenters. The first-order chi connectivity index (χ1) is 9.78. The maximum Gasteiger partial charge on any atom is 0.224 e. The van der Waals surface area contributed by atoms with Gasteiger partial charge in [0.1, 0.15) is 0 Å². The predicted molar refractivity (Wildman–Crippen MR) is 81.5 cm³/mol. The Hall–Kier alpha value is -0.570. The number of nitrogens with zero attached hydrogens (tertiary/aromatic N) is 1. The average molecular weight is 278 g/mol. The normalized spacial score (nSPS) is 34.1. The minimum atomic E-state index is 0.437. The van der Waals surface area contributed by atoms with E-state index in [4.69, 9.17) is 0 Å². The largest absolute Gasteiger partial charge is 0.337 e. The van der Waals surface area contributed by atoms with Gasteiger partial charge in [-0.05, 0) is 63.8 Å². The summed E-state index contributed by atoms with van der Waals surface area (Å²) in [5.41, 5.74) is 0. The molecule has 1 aliphatic heterocycles. The highest BCUT2D eigenvalue weighted by atomic mass is 16.2. The van der Waals surface area contributed by atoms with E-state index in [1.807, 2.05) is 0 Å². The van der Waals surface area contributed by atoms with E-state index in [2.05, 4.69) is 17.1 Å². The van der Waals surface area contributed by atoms with Crippen LogP contribution in [0.5, 0.6) is 0 Å². The summed E-state index contributed by atoms with van der Waals surface area (Å²) in [6.07, 6.45) is 12.1. The van der Waals surface area contributed by atoms with Gasteiger partial charge < -0.3 is 10.2 Å². The summed E-state index contributed by atoms with van der Waals surface area (Å²) in [4.78, 5) is 15.0. The molecule has 20 heavy (non-hydrogen) atoms. The summed E-state index contributed by atoms with van der Waals surface area (Å²) >= 11 is 0. The van der Waals surface area contributed by atoms with Crippen molar-refractivity contribution in [1.82, 2.24) is 10.2 Å². The van der Waals surface area contributed by atoms with Gasteiger partial charge in [0.2, 0.25) is 5.91 Å². The molecule has 114 valence electrons. The third-order valence-electron chi connectivity index (χ3n) is 5.60. The number of hydrogen-bond donors (Lipinski definition) is 1. The van der Waals surface area contributed by atoms with E-state index in [1.54, 1.807) is 0 Å². The van der Waals surface area contributed by atoms with Crippen molar-refractivity contribution in [1.29, 1.82) is 0 Å². The Kier molecular flexibility index (Phi) is 4.65. The smallest absolute Gasteiger partial charge is 0.224 e. The number of amides is 1. The zero-order valence-electron chi connectivity index (χ0n) is 12.9. The van der Waals surface area contributed by atoms with Crippen LogP contribution < -0.4 is 5.32 Å². The van der Waals surface area contributed by atoms with Gasteiger partial charge in [0.25, 0.3) is 0 Å². The van der Waals surface area contributed by atoms with E-state index in [0.29, 0.717) is 24.0 Å². The quantitative estimate of drug-likeness (QED) is 0.838. The molecule has 0 radical (unpaired) electrons. The van der Waals surface area contributed by atoms with Crippen molar-refractivity contribution in [2.45, 2.75) is 89.3 Å². The topological polar surface area (TPSA) is 32.3 Å². The lowest BCUT2D eigenvalue weighted by Crippen LogP contribution is -2.45. The van der Waals surface area contributed by atoms with Gasteiger partial charge in [0.15, 0.2) is 0 Å². The van der Waals surface area contributed by atoms with Gasteiger partial charge in [-0.25, -0.2) is 0 Å². The first-order valence-corrected chi connectivity index (χ1v) is 8.82. The molecule has 1 unspecified atom stereocenters. The van der Waals surface area contributed by atoms with Crippen LogP contribution in [0.2, 0.25) is 0 Å². The standard InChI is InChI=1S/C17H30N2O/c1-2-13-5-7-15(8-6-13)19(16-9-10-16)17(20)12-14-4-3-11-18-14/h13-16,18H,2-12H2,1H3. The Morgan fingerprint density at radius 3 is 2.20 bits per heavy atom. The second kappa shape index (κ2) is 6.46. The summed E-state index contributed by atoms with van der Waals surface area (Å²) < 4.78 is 0. The van der Waals surface area contributed by atoms with Crippen LogP contribution >= 0.6 is 0 Å². The number of carbonyl (C=O) groups excluding carboxylic acids is 1. The molecule has 3 rings (SSSR count). The Labute approximate surface area is 123 Å². The van der Waals surface area contributed by atoms with E-state index in [9.17, 15) is 4.79 Å². The van der Waals surface area contributed by atoms with Crippen molar-refractivity contribution < 1.29 is 4.79 Å². The monoisotopic (exact) mass is 278 g/mol. The summed E-state index contributed by atoms with van der Waals surface area (Å²) in [5, 5.41) is 3.47. The Morgan fingerprint density at radius 2 is 1.70 bits per heavy atom. The molecule has 0 aromatic carbocycles. The van der Waals surface area contributed by atoms with Gasteiger partial charge >= 0.3 is 0 Å². The van der Waals surface area contributed by atoms with Crippen LogP contribution in [0, 0.1) is 5.92 Å². The number of hydrogen-bond acceptors (Lipinski definition) is 2. The molecule has 0 aromatic heterocycles. The van der Waals surface area contributed by atoms with Crippen molar-refractivity contribution in [3.8, 4) is 0 Å². The lowest BCUT2D eigenvalue weighted by molar-refractivity contribution is -0.135. The van der Waals surface area contributed by atoms with Crippen molar-refractivity contribution in [3.05, 3.63) is 0 Å². The molecule has 2 aliphatic carbocycles. The van der Waals surface area contributed by atoms with Crippen molar-refractivity contribution >= 4 is 5.91 Å². The number of nitrogens with one attached hydrogen (secondary N) is 1. The molecule has 1 saturated heterocycles. The Bertz CT molecular complexity index is 326. The summed E-state index contributed by atoms with van der Waals surface area (Å²) in [6.45, 7) is 3.41. The van der Waals surface area contributed by atoms with E-state index in [0.717, 1.165) is 18.9 Å². The fourth-order valence-corrected chi connectivity index (χ4v) is 4.14. The minimum Gasteiger partial charge on any atom is -0.337 e. The second-order valence-corrected chi connectivity index (χ2v) is 7.11. The predicted octanol–water partition coefficient (Wildman–Crippen LogP) is 3.09. The molecule has 1 amide bonds. The maximum atomic E-state index is 12.7. The summed E-state index contributed by atoms with van der Waals surface area (Å²) in [7, 11) is 0. The molecule has 0 aromatic rings. The van der Waals surface area contributed by atoms with E-state index < -0.39 is 0 Å². The highest BCUT2D eigenvalue weighted by Crippen LogP contribution is 2.36. The summed E-state index contributed by atoms with van der Waals surface area (Å²) in [6, 6.07) is 1.60. The van der Waals surface area contributed by atoms with Gasteiger partial charge in [-0.3, -0.25) is 4.79 Å². The zero-order chi connectivity index (χ0) is 13.9. The molecule has 0 bridgehead atoms. The zero-order valence-corrected chi connectivity index (χ0v) is 12.9. The van der Waals surface area contributed by atoms with Crippen molar-refractivity contribution in [2.75, 3.05) is 6.54 Å². The fraction of sp³-hybridized carbons (Fsp3) is 0.941. The minimum absolute atomic E-state index is 0.437. The van der Waals surface area contributed by atoms with E-state index in [-0.39, 0.29) is 0 Å². The highest BCUT2D eigenvalue weighted by molar-refractivity contribution is 5.78. The lowest BCUT2D eigenvalue weighted by atomic mass is 9.83. The maximum absolute atomic E-state index is 12.7. The Morgan fingerprint density at radius 1 is 1.05 bits per heavy atom. The van der Waals surface area contributed by atoms with Crippen LogP contribution in [0.15, 0.2) is 0 Å².